The highest BCUT2D eigenvalue weighted by Crippen LogP contribution is 2.15. The van der Waals surface area contributed by atoms with Crippen LogP contribution in [0.25, 0.3) is 11.6 Å². The van der Waals surface area contributed by atoms with Crippen molar-refractivity contribution < 1.29 is 18.3 Å². The molecule has 1 aliphatic heterocycles. The molecule has 2 heterocycles. The third-order valence-electron chi connectivity index (χ3n) is 4.95. The second-order valence-corrected chi connectivity index (χ2v) is 8.18. The summed E-state index contributed by atoms with van der Waals surface area (Å²) in [5.74, 6) is -0.398. The van der Waals surface area contributed by atoms with E-state index in [1.165, 1.54) is 22.8 Å². The Labute approximate surface area is 187 Å². The maximum absolute atomic E-state index is 13.0. The molecule has 3 rings (SSSR count). The lowest BCUT2D eigenvalue weighted by atomic mass is 10.2. The lowest BCUT2D eigenvalue weighted by Crippen LogP contribution is -2.48. The number of alkyl halides is 2. The van der Waals surface area contributed by atoms with Gasteiger partial charge in [0, 0.05) is 32.7 Å². The Morgan fingerprint density at radius 1 is 1.28 bits per heavy atom. The predicted octanol–water partition coefficient (Wildman–Crippen LogP) is 0.974. The first kappa shape index (κ1) is 23.4. The lowest BCUT2D eigenvalue weighted by molar-refractivity contribution is -0.126. The second kappa shape index (κ2) is 10.3. The number of allylic oxidation sites excluding steroid dienone is 1. The van der Waals surface area contributed by atoms with Crippen molar-refractivity contribution in [2.75, 3.05) is 33.2 Å². The molecule has 0 aliphatic carbocycles. The number of aromatic nitrogens is 1. The van der Waals surface area contributed by atoms with Gasteiger partial charge in [-0.05, 0) is 30.8 Å². The summed E-state index contributed by atoms with van der Waals surface area (Å²) in [5.41, 5.74) is 0.141. The van der Waals surface area contributed by atoms with Crippen LogP contribution in [0, 0.1) is 11.3 Å². The molecule has 1 aliphatic rings. The van der Waals surface area contributed by atoms with E-state index in [9.17, 15) is 23.6 Å². The van der Waals surface area contributed by atoms with Crippen molar-refractivity contribution in [1.29, 1.82) is 5.26 Å². The largest absolute Gasteiger partial charge is 0.435 e. The number of nitrogens with zero attached hydrogens (tertiary/aromatic N) is 4. The third kappa shape index (κ3) is 5.30. The molecular weight excluding hydrogens is 438 g/mol. The number of rotatable bonds is 6. The van der Waals surface area contributed by atoms with Crippen LogP contribution < -0.4 is 19.5 Å². The second-order valence-electron chi connectivity index (χ2n) is 7.15. The van der Waals surface area contributed by atoms with Crippen LogP contribution >= 0.6 is 11.3 Å². The molecule has 0 unspecified atom stereocenters. The molecule has 168 valence electrons. The molecule has 2 aromatic rings. The normalized spacial score (nSPS) is 16.1. The summed E-state index contributed by atoms with van der Waals surface area (Å²) in [6, 6.07) is 7.81. The molecule has 1 fully saturated rings. The van der Waals surface area contributed by atoms with Gasteiger partial charge in [0.25, 0.3) is 11.5 Å². The lowest BCUT2D eigenvalue weighted by Gasteiger charge is -2.32. The molecule has 10 heteroatoms. The minimum Gasteiger partial charge on any atom is -0.435 e. The highest BCUT2D eigenvalue weighted by molar-refractivity contribution is 7.07. The Bertz CT molecular complexity index is 1200. The Morgan fingerprint density at radius 3 is 2.50 bits per heavy atom. The van der Waals surface area contributed by atoms with E-state index in [0.717, 1.165) is 11.3 Å². The van der Waals surface area contributed by atoms with E-state index in [-0.39, 0.29) is 28.1 Å². The quantitative estimate of drug-likeness (QED) is 0.601. The number of hydrogen-bond acceptors (Lipinski definition) is 6. The van der Waals surface area contributed by atoms with Crippen LogP contribution in [0.4, 0.5) is 8.78 Å². The molecule has 0 atom stereocenters. The number of hydrogen-bond donors (Lipinski definition) is 0. The SMILES string of the molecule is C=CCn1c(=O)/c(=C/c2ccc(OC(F)F)cc2)s/c1=C(\C#N)C(=O)N1CCN(C)CC1. The van der Waals surface area contributed by atoms with Gasteiger partial charge >= 0.3 is 6.61 Å². The fourth-order valence-corrected chi connectivity index (χ4v) is 4.36. The number of thiazole rings is 1. The molecule has 0 saturated carbocycles. The van der Waals surface area contributed by atoms with Gasteiger partial charge in [-0.25, -0.2) is 0 Å². The summed E-state index contributed by atoms with van der Waals surface area (Å²) in [6.07, 6.45) is 3.10. The van der Waals surface area contributed by atoms with Crippen molar-refractivity contribution in [2.24, 2.45) is 0 Å². The molecule has 1 saturated heterocycles. The number of nitriles is 1. The van der Waals surface area contributed by atoms with Crippen LogP contribution in [0.2, 0.25) is 0 Å². The Kier molecular flexibility index (Phi) is 7.56. The number of piperazine rings is 1. The molecule has 0 spiro atoms. The van der Waals surface area contributed by atoms with Crippen molar-refractivity contribution in [3.8, 4) is 11.8 Å². The zero-order valence-electron chi connectivity index (χ0n) is 17.5. The van der Waals surface area contributed by atoms with E-state index in [0.29, 0.717) is 36.3 Å². The van der Waals surface area contributed by atoms with Crippen molar-refractivity contribution in [1.82, 2.24) is 14.4 Å². The van der Waals surface area contributed by atoms with Gasteiger partial charge in [-0.2, -0.15) is 14.0 Å². The van der Waals surface area contributed by atoms with Crippen molar-refractivity contribution in [3.05, 3.63) is 62.0 Å². The molecule has 1 aromatic carbocycles. The van der Waals surface area contributed by atoms with Crippen LogP contribution in [-0.4, -0.2) is 60.1 Å². The van der Waals surface area contributed by atoms with Crippen molar-refractivity contribution in [3.63, 3.8) is 0 Å². The zero-order valence-corrected chi connectivity index (χ0v) is 18.3. The minimum absolute atomic E-state index is 0.00552. The van der Waals surface area contributed by atoms with E-state index < -0.39 is 12.5 Å². The summed E-state index contributed by atoms with van der Waals surface area (Å²) in [4.78, 5) is 29.7. The number of benzene rings is 1. The van der Waals surface area contributed by atoms with Crippen LogP contribution in [0.5, 0.6) is 5.75 Å². The average Bonchev–Trinajstić information content (AvgIpc) is 3.06. The molecule has 1 amide bonds. The highest BCUT2D eigenvalue weighted by Gasteiger charge is 2.24. The molecule has 32 heavy (non-hydrogen) atoms. The number of carbonyl (C=O) groups excluding carboxylic acids is 1. The van der Waals surface area contributed by atoms with Gasteiger partial charge in [-0.1, -0.05) is 18.2 Å². The fraction of sp³-hybridized carbons (Fsp3) is 0.318. The first-order valence-electron chi connectivity index (χ1n) is 9.83. The highest BCUT2D eigenvalue weighted by atomic mass is 32.1. The van der Waals surface area contributed by atoms with E-state index in [1.807, 2.05) is 13.1 Å². The number of amides is 1. The summed E-state index contributed by atoms with van der Waals surface area (Å²) >= 11 is 1.04. The first-order chi connectivity index (χ1) is 15.3. The van der Waals surface area contributed by atoms with Gasteiger partial charge in [0.2, 0.25) is 0 Å². The first-order valence-corrected chi connectivity index (χ1v) is 10.6. The molecule has 0 bridgehead atoms. The molecule has 0 radical (unpaired) electrons. The summed E-state index contributed by atoms with van der Waals surface area (Å²) in [7, 11) is 1.96. The number of ether oxygens (including phenoxy) is 1. The molecular formula is C22H22F2N4O3S. The van der Waals surface area contributed by atoms with Gasteiger partial charge < -0.3 is 14.5 Å². The van der Waals surface area contributed by atoms with E-state index in [4.69, 9.17) is 0 Å². The summed E-state index contributed by atoms with van der Waals surface area (Å²) < 4.78 is 30.9. The number of carbonyl (C=O) groups is 1. The minimum atomic E-state index is -2.92. The van der Waals surface area contributed by atoms with Gasteiger partial charge in [-0.3, -0.25) is 14.2 Å². The number of halogens is 2. The van der Waals surface area contributed by atoms with Gasteiger partial charge in [0.05, 0.1) is 4.53 Å². The van der Waals surface area contributed by atoms with Crippen LogP contribution in [0.3, 0.4) is 0 Å². The predicted molar refractivity (Wildman–Crippen MR) is 118 cm³/mol. The Balaban J connectivity index is 2.07. The molecule has 0 N–H and O–H groups in total. The fourth-order valence-electron chi connectivity index (χ4n) is 3.25. The van der Waals surface area contributed by atoms with E-state index in [2.05, 4.69) is 16.2 Å². The third-order valence-corrected chi connectivity index (χ3v) is 6.08. The summed E-state index contributed by atoms with van der Waals surface area (Å²) in [5, 5.41) is 9.75. The average molecular weight is 461 g/mol. The van der Waals surface area contributed by atoms with E-state index >= 15 is 0 Å². The Morgan fingerprint density at radius 2 is 1.94 bits per heavy atom. The maximum atomic E-state index is 13.0. The van der Waals surface area contributed by atoms with E-state index in [1.54, 1.807) is 23.1 Å². The monoisotopic (exact) mass is 460 g/mol. The standard InChI is InChI=1S/C22H22F2N4O3S/c1-3-8-28-20(30)18(13-15-4-6-16(7-5-15)31-22(23)24)32-21(28)17(14-25)19(29)27-11-9-26(2)10-12-27/h3-7,13,22H,1,8-12H2,2H3/b18-13-,21-17+. The zero-order chi connectivity index (χ0) is 23.3. The van der Waals surface area contributed by atoms with Gasteiger partial charge in [0.15, 0.2) is 5.57 Å². The molecule has 7 nitrogen and oxygen atoms in total. The van der Waals surface area contributed by atoms with Crippen molar-refractivity contribution >= 4 is 28.9 Å². The summed E-state index contributed by atoms with van der Waals surface area (Å²) in [6.45, 7) is 3.30. The van der Waals surface area contributed by atoms with Crippen LogP contribution in [0.15, 0.2) is 41.7 Å². The van der Waals surface area contributed by atoms with Gasteiger partial charge in [-0.15, -0.1) is 17.9 Å². The maximum Gasteiger partial charge on any atom is 0.387 e. The van der Waals surface area contributed by atoms with Crippen LogP contribution in [-0.2, 0) is 11.3 Å². The Hall–Kier alpha value is -3.29. The van der Waals surface area contributed by atoms with Gasteiger partial charge in [0.1, 0.15) is 16.5 Å². The number of likely N-dealkylation sites (N-methyl/N-ethyl adjacent to an activating group) is 1. The smallest absolute Gasteiger partial charge is 0.387 e. The molecule has 1 aromatic heterocycles. The topological polar surface area (TPSA) is 78.6 Å². The van der Waals surface area contributed by atoms with Crippen LogP contribution in [0.1, 0.15) is 5.56 Å². The van der Waals surface area contributed by atoms with Crippen molar-refractivity contribution in [2.45, 2.75) is 13.2 Å².